The van der Waals surface area contributed by atoms with Crippen LogP contribution in [-0.2, 0) is 9.47 Å². The highest BCUT2D eigenvalue weighted by atomic mass is 16.5. The van der Waals surface area contributed by atoms with E-state index in [4.69, 9.17) is 9.47 Å². The molecule has 1 fully saturated rings. The average Bonchev–Trinajstić information content (AvgIpc) is 2.11. The predicted molar refractivity (Wildman–Crippen MR) is 50.7 cm³/mol. The minimum absolute atomic E-state index is 0.00949. The van der Waals surface area contributed by atoms with Crippen molar-refractivity contribution in [2.75, 3.05) is 13.2 Å². The third-order valence-electron chi connectivity index (χ3n) is 2.49. The zero-order valence-electron chi connectivity index (χ0n) is 8.53. The average molecular weight is 188 g/mol. The Morgan fingerprint density at radius 2 is 1.92 bits per heavy atom. The van der Waals surface area contributed by atoms with Crippen molar-refractivity contribution in [1.29, 1.82) is 0 Å². The van der Waals surface area contributed by atoms with Crippen molar-refractivity contribution >= 4 is 0 Å². The van der Waals surface area contributed by atoms with Crippen LogP contribution in [0.1, 0.15) is 33.1 Å². The van der Waals surface area contributed by atoms with E-state index in [0.29, 0.717) is 0 Å². The molecular weight excluding hydrogens is 168 g/mol. The molecular formula is C10H20O3. The summed E-state index contributed by atoms with van der Waals surface area (Å²) >= 11 is 0. The van der Waals surface area contributed by atoms with Gasteiger partial charge in [0.15, 0.2) is 0 Å². The highest BCUT2D eigenvalue weighted by Crippen LogP contribution is 2.15. The lowest BCUT2D eigenvalue weighted by atomic mass is 10.1. The van der Waals surface area contributed by atoms with E-state index in [1.807, 2.05) is 13.8 Å². The van der Waals surface area contributed by atoms with Crippen molar-refractivity contribution in [3.05, 3.63) is 0 Å². The monoisotopic (exact) mass is 188 g/mol. The smallest absolute Gasteiger partial charge is 0.109 e. The molecule has 0 saturated carbocycles. The van der Waals surface area contributed by atoms with E-state index in [2.05, 4.69) is 0 Å². The maximum absolute atomic E-state index is 9.66. The summed E-state index contributed by atoms with van der Waals surface area (Å²) in [6.07, 6.45) is 2.27. The maximum atomic E-state index is 9.66. The molecule has 1 saturated heterocycles. The van der Waals surface area contributed by atoms with Gasteiger partial charge in [-0.2, -0.15) is 0 Å². The number of rotatable bonds is 2. The van der Waals surface area contributed by atoms with Crippen molar-refractivity contribution in [3.63, 3.8) is 0 Å². The Hall–Kier alpha value is -0.120. The van der Waals surface area contributed by atoms with E-state index in [1.54, 1.807) is 0 Å². The molecule has 13 heavy (non-hydrogen) atoms. The Morgan fingerprint density at radius 3 is 2.54 bits per heavy atom. The minimum atomic E-state index is -0.395. The van der Waals surface area contributed by atoms with Crippen LogP contribution in [0, 0.1) is 0 Å². The van der Waals surface area contributed by atoms with Crippen molar-refractivity contribution in [3.8, 4) is 0 Å². The van der Waals surface area contributed by atoms with Gasteiger partial charge >= 0.3 is 0 Å². The first-order chi connectivity index (χ1) is 6.25. The summed E-state index contributed by atoms with van der Waals surface area (Å²) < 4.78 is 11.1. The second-order valence-electron chi connectivity index (χ2n) is 3.59. The summed E-state index contributed by atoms with van der Waals surface area (Å²) in [6, 6.07) is 0. The number of hydrogen-bond donors (Lipinski definition) is 1. The molecule has 3 unspecified atom stereocenters. The Morgan fingerprint density at radius 1 is 1.31 bits per heavy atom. The molecule has 0 spiro atoms. The summed E-state index contributed by atoms with van der Waals surface area (Å²) in [6.45, 7) is 5.46. The molecule has 78 valence electrons. The molecule has 1 heterocycles. The van der Waals surface area contributed by atoms with E-state index in [-0.39, 0.29) is 12.2 Å². The first kappa shape index (κ1) is 11.0. The van der Waals surface area contributed by atoms with Crippen LogP contribution in [0.4, 0.5) is 0 Å². The van der Waals surface area contributed by atoms with E-state index >= 15 is 0 Å². The summed E-state index contributed by atoms with van der Waals surface area (Å²) in [4.78, 5) is 0. The number of aliphatic hydroxyl groups excluding tert-OH is 1. The lowest BCUT2D eigenvalue weighted by molar-refractivity contribution is -0.129. The van der Waals surface area contributed by atoms with Crippen molar-refractivity contribution in [2.24, 2.45) is 0 Å². The molecule has 1 rings (SSSR count). The van der Waals surface area contributed by atoms with Crippen LogP contribution < -0.4 is 0 Å². The fourth-order valence-electron chi connectivity index (χ4n) is 1.58. The van der Waals surface area contributed by atoms with E-state index in [0.717, 1.165) is 32.5 Å². The van der Waals surface area contributed by atoms with Crippen LogP contribution in [0.15, 0.2) is 0 Å². The molecule has 0 aromatic heterocycles. The van der Waals surface area contributed by atoms with E-state index in [9.17, 15) is 5.11 Å². The van der Waals surface area contributed by atoms with Gasteiger partial charge in [0.25, 0.3) is 0 Å². The molecule has 0 bridgehead atoms. The van der Waals surface area contributed by atoms with Crippen LogP contribution in [0.2, 0.25) is 0 Å². The quantitative estimate of drug-likeness (QED) is 0.710. The molecule has 3 heteroatoms. The maximum Gasteiger partial charge on any atom is 0.109 e. The molecule has 1 N–H and O–H groups in total. The third-order valence-corrected chi connectivity index (χ3v) is 2.49. The predicted octanol–water partition coefficient (Wildman–Crippen LogP) is 1.34. The molecule has 0 amide bonds. The zero-order valence-corrected chi connectivity index (χ0v) is 8.53. The van der Waals surface area contributed by atoms with Gasteiger partial charge in [0, 0.05) is 13.2 Å². The second kappa shape index (κ2) is 5.58. The van der Waals surface area contributed by atoms with Crippen LogP contribution in [-0.4, -0.2) is 36.6 Å². The molecule has 0 aliphatic carbocycles. The normalized spacial score (nSPS) is 33.5. The summed E-state index contributed by atoms with van der Waals surface area (Å²) in [5, 5.41) is 9.66. The van der Waals surface area contributed by atoms with Gasteiger partial charge in [-0.1, -0.05) is 6.92 Å². The summed E-state index contributed by atoms with van der Waals surface area (Å²) in [5.74, 6) is 0. The van der Waals surface area contributed by atoms with E-state index < -0.39 is 6.10 Å². The number of aliphatic hydroxyl groups is 1. The second-order valence-corrected chi connectivity index (χ2v) is 3.59. The van der Waals surface area contributed by atoms with Gasteiger partial charge in [-0.3, -0.25) is 0 Å². The SMILES string of the molecule is CCC(O)C1OCCCCOC1C. The molecule has 1 aliphatic rings. The molecule has 0 aromatic carbocycles. The van der Waals surface area contributed by atoms with Crippen molar-refractivity contribution in [1.82, 2.24) is 0 Å². The fraction of sp³-hybridized carbons (Fsp3) is 1.00. The zero-order chi connectivity index (χ0) is 9.68. The lowest BCUT2D eigenvalue weighted by Crippen LogP contribution is -2.40. The van der Waals surface area contributed by atoms with Gasteiger partial charge in [0.05, 0.1) is 12.2 Å². The molecule has 0 aromatic rings. The van der Waals surface area contributed by atoms with Crippen LogP contribution in [0.25, 0.3) is 0 Å². The van der Waals surface area contributed by atoms with Crippen LogP contribution in [0.3, 0.4) is 0 Å². The largest absolute Gasteiger partial charge is 0.390 e. The highest BCUT2D eigenvalue weighted by Gasteiger charge is 2.26. The Kier molecular flexibility index (Phi) is 4.70. The lowest BCUT2D eigenvalue weighted by Gasteiger charge is -2.30. The fourth-order valence-corrected chi connectivity index (χ4v) is 1.58. The minimum Gasteiger partial charge on any atom is -0.390 e. The third kappa shape index (κ3) is 3.25. The summed E-state index contributed by atoms with van der Waals surface area (Å²) in [5.41, 5.74) is 0. The van der Waals surface area contributed by atoms with Crippen LogP contribution in [0.5, 0.6) is 0 Å². The van der Waals surface area contributed by atoms with E-state index in [1.165, 1.54) is 0 Å². The standard InChI is InChI=1S/C10H20O3/c1-3-9(11)10-8(2)12-6-4-5-7-13-10/h8-11H,3-7H2,1-2H3. The van der Waals surface area contributed by atoms with Crippen molar-refractivity contribution < 1.29 is 14.6 Å². The Labute approximate surface area is 80.0 Å². The first-order valence-electron chi connectivity index (χ1n) is 5.17. The molecule has 3 nitrogen and oxygen atoms in total. The number of ether oxygens (including phenoxy) is 2. The van der Waals surface area contributed by atoms with Gasteiger partial charge < -0.3 is 14.6 Å². The van der Waals surface area contributed by atoms with Gasteiger partial charge in [0.1, 0.15) is 6.10 Å². The van der Waals surface area contributed by atoms with Gasteiger partial charge in [0.2, 0.25) is 0 Å². The van der Waals surface area contributed by atoms with Crippen molar-refractivity contribution in [2.45, 2.75) is 51.4 Å². The van der Waals surface area contributed by atoms with Gasteiger partial charge in [-0.15, -0.1) is 0 Å². The Bertz CT molecular complexity index is 138. The van der Waals surface area contributed by atoms with Gasteiger partial charge in [-0.05, 0) is 26.2 Å². The van der Waals surface area contributed by atoms with Crippen LogP contribution >= 0.6 is 0 Å². The topological polar surface area (TPSA) is 38.7 Å². The molecule has 1 aliphatic heterocycles. The number of hydrogen-bond acceptors (Lipinski definition) is 3. The van der Waals surface area contributed by atoms with Gasteiger partial charge in [-0.25, -0.2) is 0 Å². The Balaban J connectivity index is 2.45. The summed E-state index contributed by atoms with van der Waals surface area (Å²) in [7, 11) is 0. The molecule has 3 atom stereocenters. The first-order valence-corrected chi connectivity index (χ1v) is 5.17. The molecule has 0 radical (unpaired) electrons. The highest BCUT2D eigenvalue weighted by molar-refractivity contribution is 4.75.